The lowest BCUT2D eigenvalue weighted by Gasteiger charge is -2.11. The number of hydrazone groups is 1. The Morgan fingerprint density at radius 1 is 0.971 bits per heavy atom. The molecule has 5 nitrogen and oxygen atoms in total. The van der Waals surface area contributed by atoms with Crippen LogP contribution in [0, 0.1) is 6.92 Å². The first kappa shape index (κ1) is 23.6. The fraction of sp³-hybridized carbons (Fsp3) is 0.111. The van der Waals surface area contributed by atoms with Crippen molar-refractivity contribution in [3.8, 4) is 11.5 Å². The number of hydrogen-bond acceptors (Lipinski definition) is 4. The number of carbonyl (C=O) groups excluding carboxylic acids is 1. The molecule has 0 atom stereocenters. The number of carbonyl (C=O) groups is 1. The van der Waals surface area contributed by atoms with Crippen molar-refractivity contribution >= 4 is 46.1 Å². The van der Waals surface area contributed by atoms with E-state index in [0.29, 0.717) is 39.3 Å². The van der Waals surface area contributed by atoms with Gasteiger partial charge in [0.1, 0.15) is 12.4 Å². The van der Waals surface area contributed by atoms with Gasteiger partial charge in [-0.15, -0.1) is 0 Å². The number of ether oxygens (including phenoxy) is 2. The van der Waals surface area contributed by atoms with E-state index in [1.165, 1.54) is 18.9 Å². The predicted octanol–water partition coefficient (Wildman–Crippen LogP) is 6.81. The molecule has 0 radical (unpaired) electrons. The molecule has 1 N–H and O–H groups in total. The van der Waals surface area contributed by atoms with Crippen LogP contribution in [0.15, 0.2) is 77.9 Å². The second-order valence-corrected chi connectivity index (χ2v) is 8.50. The second kappa shape index (κ2) is 10.6. The summed E-state index contributed by atoms with van der Waals surface area (Å²) in [5, 5.41) is 6.66. The van der Waals surface area contributed by atoms with Crippen molar-refractivity contribution in [3.63, 3.8) is 0 Å². The van der Waals surface area contributed by atoms with Crippen molar-refractivity contribution in [2.24, 2.45) is 5.10 Å². The SMILES string of the molecule is COc1cc2ccccc2cc1C(=O)NN=Cc1cc(Cl)c(OCc2ccc(C)cc2)c(Cl)c1. The van der Waals surface area contributed by atoms with E-state index in [1.807, 2.05) is 61.5 Å². The molecular weight excluding hydrogens is 471 g/mol. The van der Waals surface area contributed by atoms with Gasteiger partial charge in [-0.25, -0.2) is 5.43 Å². The van der Waals surface area contributed by atoms with Gasteiger partial charge in [0, 0.05) is 0 Å². The van der Waals surface area contributed by atoms with E-state index in [-0.39, 0.29) is 0 Å². The molecule has 0 heterocycles. The van der Waals surface area contributed by atoms with Crippen LogP contribution < -0.4 is 14.9 Å². The van der Waals surface area contributed by atoms with Gasteiger partial charge >= 0.3 is 0 Å². The molecule has 0 aliphatic rings. The molecule has 0 saturated heterocycles. The number of nitrogens with one attached hydrogen (secondary N) is 1. The summed E-state index contributed by atoms with van der Waals surface area (Å²) < 4.78 is 11.2. The van der Waals surface area contributed by atoms with Gasteiger partial charge in [0.15, 0.2) is 5.75 Å². The lowest BCUT2D eigenvalue weighted by atomic mass is 10.1. The van der Waals surface area contributed by atoms with Crippen LogP contribution in [0.5, 0.6) is 11.5 Å². The molecule has 0 spiro atoms. The number of halogens is 2. The van der Waals surface area contributed by atoms with Crippen LogP contribution >= 0.6 is 23.2 Å². The minimum absolute atomic E-state index is 0.344. The Kier molecular flexibility index (Phi) is 7.36. The molecule has 0 unspecified atom stereocenters. The molecular formula is C27H22Cl2N2O3. The van der Waals surface area contributed by atoms with Gasteiger partial charge in [-0.05, 0) is 53.1 Å². The number of methoxy groups -OCH3 is 1. The Balaban J connectivity index is 1.45. The summed E-state index contributed by atoms with van der Waals surface area (Å²) in [6.45, 7) is 2.37. The highest BCUT2D eigenvalue weighted by Crippen LogP contribution is 2.34. The molecule has 172 valence electrons. The summed E-state index contributed by atoms with van der Waals surface area (Å²) in [5.74, 6) is 0.465. The Morgan fingerprint density at radius 3 is 2.26 bits per heavy atom. The van der Waals surface area contributed by atoms with Crippen molar-refractivity contribution in [1.29, 1.82) is 0 Å². The van der Waals surface area contributed by atoms with Gasteiger partial charge in [-0.2, -0.15) is 5.10 Å². The summed E-state index contributed by atoms with van der Waals surface area (Å²) in [6.07, 6.45) is 1.47. The lowest BCUT2D eigenvalue weighted by molar-refractivity contribution is 0.0952. The van der Waals surface area contributed by atoms with Crippen molar-refractivity contribution in [2.75, 3.05) is 7.11 Å². The van der Waals surface area contributed by atoms with Gasteiger partial charge in [0.05, 0.1) is 28.9 Å². The van der Waals surface area contributed by atoms with Crippen LogP contribution in [0.2, 0.25) is 10.0 Å². The molecule has 7 heteroatoms. The van der Waals surface area contributed by atoms with Gasteiger partial charge in [-0.1, -0.05) is 77.3 Å². The third kappa shape index (κ3) is 5.50. The van der Waals surface area contributed by atoms with Gasteiger partial charge in [0.2, 0.25) is 0 Å². The zero-order chi connectivity index (χ0) is 24.1. The number of benzene rings is 4. The van der Waals surface area contributed by atoms with Gasteiger partial charge < -0.3 is 9.47 Å². The third-order valence-corrected chi connectivity index (χ3v) is 5.78. The number of amides is 1. The maximum atomic E-state index is 12.7. The summed E-state index contributed by atoms with van der Waals surface area (Å²) in [5.41, 5.74) is 5.71. The molecule has 1 amide bonds. The summed E-state index contributed by atoms with van der Waals surface area (Å²) in [4.78, 5) is 12.7. The smallest absolute Gasteiger partial charge is 0.275 e. The predicted molar refractivity (Wildman–Crippen MR) is 138 cm³/mol. The fourth-order valence-electron chi connectivity index (χ4n) is 3.42. The zero-order valence-electron chi connectivity index (χ0n) is 18.6. The largest absolute Gasteiger partial charge is 0.496 e. The molecule has 0 bridgehead atoms. The van der Waals surface area contributed by atoms with E-state index in [4.69, 9.17) is 32.7 Å². The Morgan fingerprint density at radius 2 is 1.62 bits per heavy atom. The molecule has 0 fully saturated rings. The second-order valence-electron chi connectivity index (χ2n) is 7.69. The average Bonchev–Trinajstić information content (AvgIpc) is 2.83. The number of nitrogens with zero attached hydrogens (tertiary/aromatic N) is 1. The fourth-order valence-corrected chi connectivity index (χ4v) is 4.04. The van der Waals surface area contributed by atoms with E-state index in [0.717, 1.165) is 16.3 Å². The van der Waals surface area contributed by atoms with Crippen LogP contribution in [0.4, 0.5) is 0 Å². The number of hydrogen-bond donors (Lipinski definition) is 1. The quantitative estimate of drug-likeness (QED) is 0.227. The first-order valence-electron chi connectivity index (χ1n) is 10.5. The van der Waals surface area contributed by atoms with E-state index in [9.17, 15) is 4.79 Å². The van der Waals surface area contributed by atoms with E-state index in [2.05, 4.69) is 10.5 Å². The maximum absolute atomic E-state index is 12.7. The Bertz CT molecular complexity index is 1350. The maximum Gasteiger partial charge on any atom is 0.275 e. The number of fused-ring (bicyclic) bond motifs is 1. The molecule has 0 aliphatic carbocycles. The highest BCUT2D eigenvalue weighted by atomic mass is 35.5. The topological polar surface area (TPSA) is 59.9 Å². The van der Waals surface area contributed by atoms with Crippen molar-refractivity contribution in [3.05, 3.63) is 105 Å². The summed E-state index contributed by atoms with van der Waals surface area (Å²) in [7, 11) is 1.52. The van der Waals surface area contributed by atoms with Crippen LogP contribution in [0.3, 0.4) is 0 Å². The van der Waals surface area contributed by atoms with Crippen LogP contribution in [-0.4, -0.2) is 19.2 Å². The van der Waals surface area contributed by atoms with Crippen molar-refractivity contribution in [2.45, 2.75) is 13.5 Å². The first-order valence-corrected chi connectivity index (χ1v) is 11.3. The molecule has 34 heavy (non-hydrogen) atoms. The van der Waals surface area contributed by atoms with Crippen LogP contribution in [0.25, 0.3) is 10.8 Å². The number of rotatable bonds is 7. The standard InChI is InChI=1S/C27H22Cl2N2O3/c1-17-7-9-18(10-8-17)16-34-26-23(28)11-19(12-24(26)29)15-30-31-27(32)22-13-20-5-3-4-6-21(20)14-25(22)33-2/h3-15H,16H2,1-2H3,(H,31,32). The average molecular weight is 493 g/mol. The van der Waals surface area contributed by atoms with Crippen molar-refractivity contribution < 1.29 is 14.3 Å². The number of aryl methyl sites for hydroxylation is 1. The van der Waals surface area contributed by atoms with Crippen LogP contribution in [-0.2, 0) is 6.61 Å². The van der Waals surface area contributed by atoms with Crippen LogP contribution in [0.1, 0.15) is 27.0 Å². The minimum Gasteiger partial charge on any atom is -0.496 e. The Labute approximate surface area is 207 Å². The van der Waals surface area contributed by atoms with E-state index < -0.39 is 5.91 Å². The highest BCUT2D eigenvalue weighted by molar-refractivity contribution is 6.37. The molecule has 0 aliphatic heterocycles. The summed E-state index contributed by atoms with van der Waals surface area (Å²) in [6, 6.07) is 22.7. The Hall–Kier alpha value is -3.54. The minimum atomic E-state index is -0.394. The molecule has 0 saturated carbocycles. The molecule has 4 aromatic carbocycles. The van der Waals surface area contributed by atoms with Gasteiger partial charge in [0.25, 0.3) is 5.91 Å². The first-order chi connectivity index (χ1) is 16.4. The monoisotopic (exact) mass is 492 g/mol. The lowest BCUT2D eigenvalue weighted by Crippen LogP contribution is -2.18. The van der Waals surface area contributed by atoms with Gasteiger partial charge in [-0.3, -0.25) is 4.79 Å². The molecule has 4 rings (SSSR count). The van der Waals surface area contributed by atoms with E-state index >= 15 is 0 Å². The molecule has 0 aromatic heterocycles. The van der Waals surface area contributed by atoms with Crippen molar-refractivity contribution in [1.82, 2.24) is 5.43 Å². The van der Waals surface area contributed by atoms with E-state index in [1.54, 1.807) is 18.2 Å². The normalized spacial score (nSPS) is 11.1. The summed E-state index contributed by atoms with van der Waals surface area (Å²) >= 11 is 12.8. The third-order valence-electron chi connectivity index (χ3n) is 5.22. The highest BCUT2D eigenvalue weighted by Gasteiger charge is 2.14. The molecule has 4 aromatic rings. The zero-order valence-corrected chi connectivity index (χ0v) is 20.2.